The number of imidazole rings is 1. The highest BCUT2D eigenvalue weighted by Crippen LogP contribution is 2.29. The number of carbonyl (C=O) groups excluding carboxylic acids is 1. The number of carbonyl (C=O) groups is 1. The van der Waals surface area contributed by atoms with Gasteiger partial charge in [0, 0.05) is 30.4 Å². The SMILES string of the molecule is Cc1c(-c2ccc3c(c2)CCCC3)nc2ccc(NC(=O)CCN)cn12. The molecule has 4 rings (SSSR count). The number of nitrogens with zero attached hydrogens (tertiary/aromatic N) is 2. The van der Waals surface area contributed by atoms with Gasteiger partial charge in [-0.15, -0.1) is 0 Å². The molecule has 2 aromatic heterocycles. The van der Waals surface area contributed by atoms with Gasteiger partial charge >= 0.3 is 0 Å². The standard InChI is InChI=1S/C21H24N4O/c1-14-21(17-7-6-15-4-2-3-5-16(15)12-17)24-19-9-8-18(13-25(14)19)23-20(26)10-11-22/h6-9,12-13H,2-5,10-11,22H2,1H3,(H,23,26). The molecule has 1 aliphatic carbocycles. The Morgan fingerprint density at radius 1 is 1.19 bits per heavy atom. The van der Waals surface area contributed by atoms with Gasteiger partial charge in [-0.1, -0.05) is 12.1 Å². The molecule has 1 aromatic carbocycles. The van der Waals surface area contributed by atoms with Crippen LogP contribution in [0.25, 0.3) is 16.9 Å². The number of hydrogen-bond acceptors (Lipinski definition) is 3. The fourth-order valence-electron chi connectivity index (χ4n) is 3.74. The van der Waals surface area contributed by atoms with Gasteiger partial charge < -0.3 is 15.5 Å². The van der Waals surface area contributed by atoms with Crippen molar-refractivity contribution in [3.63, 3.8) is 0 Å². The second-order valence-corrected chi connectivity index (χ2v) is 6.97. The minimum Gasteiger partial charge on any atom is -0.330 e. The van der Waals surface area contributed by atoms with Crippen LogP contribution in [0.3, 0.4) is 0 Å². The van der Waals surface area contributed by atoms with Gasteiger partial charge in [0.1, 0.15) is 5.65 Å². The molecule has 0 bridgehead atoms. The molecule has 2 heterocycles. The molecule has 1 aliphatic rings. The topological polar surface area (TPSA) is 72.4 Å². The van der Waals surface area contributed by atoms with E-state index in [9.17, 15) is 4.79 Å². The van der Waals surface area contributed by atoms with Crippen molar-refractivity contribution in [3.8, 4) is 11.3 Å². The summed E-state index contributed by atoms with van der Waals surface area (Å²) in [5, 5.41) is 2.88. The summed E-state index contributed by atoms with van der Waals surface area (Å²) in [6.45, 7) is 2.42. The molecule has 0 spiro atoms. The van der Waals surface area contributed by atoms with Crippen LogP contribution in [0, 0.1) is 6.92 Å². The van der Waals surface area contributed by atoms with Crippen LogP contribution in [0.5, 0.6) is 0 Å². The van der Waals surface area contributed by atoms with E-state index in [0.717, 1.165) is 29.1 Å². The zero-order chi connectivity index (χ0) is 18.1. The summed E-state index contributed by atoms with van der Waals surface area (Å²) in [6, 6.07) is 10.6. The molecule has 0 radical (unpaired) electrons. The second kappa shape index (κ2) is 6.92. The van der Waals surface area contributed by atoms with Gasteiger partial charge in [-0.3, -0.25) is 4.79 Å². The number of hydrogen-bond donors (Lipinski definition) is 2. The third-order valence-corrected chi connectivity index (χ3v) is 5.13. The molecule has 1 amide bonds. The fraction of sp³-hybridized carbons (Fsp3) is 0.333. The molecule has 0 aliphatic heterocycles. The van der Waals surface area contributed by atoms with Gasteiger partial charge in [0.25, 0.3) is 0 Å². The van der Waals surface area contributed by atoms with Gasteiger partial charge in [0.05, 0.1) is 11.4 Å². The van der Waals surface area contributed by atoms with E-state index in [1.807, 2.05) is 22.7 Å². The highest BCUT2D eigenvalue weighted by atomic mass is 16.1. The van der Waals surface area contributed by atoms with Crippen molar-refractivity contribution in [1.82, 2.24) is 9.38 Å². The highest BCUT2D eigenvalue weighted by Gasteiger charge is 2.15. The van der Waals surface area contributed by atoms with Crippen LogP contribution in [-0.4, -0.2) is 21.8 Å². The van der Waals surface area contributed by atoms with Crippen molar-refractivity contribution in [2.45, 2.75) is 39.0 Å². The molecule has 0 unspecified atom stereocenters. The van der Waals surface area contributed by atoms with E-state index in [-0.39, 0.29) is 5.91 Å². The predicted octanol–water partition coefficient (Wildman–Crippen LogP) is 3.48. The maximum absolute atomic E-state index is 11.8. The van der Waals surface area contributed by atoms with Crippen LogP contribution in [0.4, 0.5) is 5.69 Å². The Kier molecular flexibility index (Phi) is 4.47. The predicted molar refractivity (Wildman–Crippen MR) is 104 cm³/mol. The molecule has 0 atom stereocenters. The molecule has 0 saturated carbocycles. The van der Waals surface area contributed by atoms with E-state index in [0.29, 0.717) is 13.0 Å². The average molecular weight is 348 g/mol. The molecule has 3 aromatic rings. The van der Waals surface area contributed by atoms with Crippen LogP contribution in [0.15, 0.2) is 36.5 Å². The largest absolute Gasteiger partial charge is 0.330 e. The molecule has 3 N–H and O–H groups in total. The van der Waals surface area contributed by atoms with Gasteiger partial charge in [0.2, 0.25) is 5.91 Å². The van der Waals surface area contributed by atoms with Crippen molar-refractivity contribution in [1.29, 1.82) is 0 Å². The Hall–Kier alpha value is -2.66. The lowest BCUT2D eigenvalue weighted by Gasteiger charge is -2.16. The number of fused-ring (bicyclic) bond motifs is 2. The Morgan fingerprint density at radius 3 is 2.81 bits per heavy atom. The number of nitrogens with one attached hydrogen (secondary N) is 1. The van der Waals surface area contributed by atoms with E-state index in [4.69, 9.17) is 10.7 Å². The number of amides is 1. The normalized spacial score (nSPS) is 13.6. The zero-order valence-electron chi connectivity index (χ0n) is 15.1. The lowest BCUT2D eigenvalue weighted by Crippen LogP contribution is -2.16. The summed E-state index contributed by atoms with van der Waals surface area (Å²) in [7, 11) is 0. The fourth-order valence-corrected chi connectivity index (χ4v) is 3.74. The maximum atomic E-state index is 11.8. The summed E-state index contributed by atoms with van der Waals surface area (Å²) in [5.41, 5.74) is 13.3. The number of pyridine rings is 1. The van der Waals surface area contributed by atoms with E-state index >= 15 is 0 Å². The molecular formula is C21H24N4O. The smallest absolute Gasteiger partial charge is 0.225 e. The van der Waals surface area contributed by atoms with Gasteiger partial charge in [-0.25, -0.2) is 4.98 Å². The Labute approximate surface area is 153 Å². The van der Waals surface area contributed by atoms with Crippen molar-refractivity contribution >= 4 is 17.2 Å². The van der Waals surface area contributed by atoms with E-state index < -0.39 is 0 Å². The average Bonchev–Trinajstić information content (AvgIpc) is 2.98. The van der Waals surface area contributed by atoms with Gasteiger partial charge in [-0.2, -0.15) is 0 Å². The summed E-state index contributed by atoms with van der Waals surface area (Å²) < 4.78 is 2.03. The van der Waals surface area contributed by atoms with Crippen molar-refractivity contribution in [3.05, 3.63) is 53.3 Å². The molecule has 0 fully saturated rings. The third kappa shape index (κ3) is 3.10. The number of nitrogens with two attached hydrogens (primary N) is 1. The second-order valence-electron chi connectivity index (χ2n) is 6.97. The van der Waals surface area contributed by atoms with Crippen LogP contribution in [-0.2, 0) is 17.6 Å². The van der Waals surface area contributed by atoms with Crippen molar-refractivity contribution in [2.24, 2.45) is 5.73 Å². The monoisotopic (exact) mass is 348 g/mol. The molecule has 5 nitrogen and oxygen atoms in total. The number of anilines is 1. The number of benzene rings is 1. The lowest BCUT2D eigenvalue weighted by atomic mass is 9.90. The van der Waals surface area contributed by atoms with Gasteiger partial charge in [-0.05, 0) is 61.9 Å². The summed E-state index contributed by atoms with van der Waals surface area (Å²) in [5.74, 6) is -0.0699. The van der Waals surface area contributed by atoms with Crippen LogP contribution >= 0.6 is 0 Å². The first-order chi connectivity index (χ1) is 12.7. The molecule has 26 heavy (non-hydrogen) atoms. The summed E-state index contributed by atoms with van der Waals surface area (Å²) >= 11 is 0. The van der Waals surface area contributed by atoms with E-state index in [1.54, 1.807) is 0 Å². The highest BCUT2D eigenvalue weighted by molar-refractivity contribution is 5.90. The molecular weight excluding hydrogens is 324 g/mol. The first-order valence-corrected chi connectivity index (χ1v) is 9.26. The number of rotatable bonds is 4. The summed E-state index contributed by atoms with van der Waals surface area (Å²) in [4.78, 5) is 16.6. The number of aromatic nitrogens is 2. The number of aryl methyl sites for hydroxylation is 3. The van der Waals surface area contributed by atoms with Crippen molar-refractivity contribution in [2.75, 3.05) is 11.9 Å². The summed E-state index contributed by atoms with van der Waals surface area (Å²) in [6.07, 6.45) is 7.15. The minimum absolute atomic E-state index is 0.0699. The minimum atomic E-state index is -0.0699. The van der Waals surface area contributed by atoms with Crippen LogP contribution < -0.4 is 11.1 Å². The first-order valence-electron chi connectivity index (χ1n) is 9.26. The van der Waals surface area contributed by atoms with Gasteiger partial charge in [0.15, 0.2) is 0 Å². The third-order valence-electron chi connectivity index (χ3n) is 5.13. The molecule has 134 valence electrons. The Morgan fingerprint density at radius 2 is 2.00 bits per heavy atom. The quantitative estimate of drug-likeness (QED) is 0.758. The Bertz CT molecular complexity index is 974. The first kappa shape index (κ1) is 16.8. The van der Waals surface area contributed by atoms with Crippen LogP contribution in [0.2, 0.25) is 0 Å². The Balaban J connectivity index is 1.70. The molecule has 5 heteroatoms. The maximum Gasteiger partial charge on any atom is 0.225 e. The zero-order valence-corrected chi connectivity index (χ0v) is 15.1. The van der Waals surface area contributed by atoms with E-state index in [2.05, 4.69) is 30.4 Å². The van der Waals surface area contributed by atoms with Crippen LogP contribution in [0.1, 0.15) is 36.1 Å². The van der Waals surface area contributed by atoms with E-state index in [1.165, 1.54) is 36.0 Å². The molecule has 0 saturated heterocycles. The van der Waals surface area contributed by atoms with Crippen molar-refractivity contribution < 1.29 is 4.79 Å². The lowest BCUT2D eigenvalue weighted by molar-refractivity contribution is -0.116.